The van der Waals surface area contributed by atoms with Crippen molar-refractivity contribution in [3.05, 3.63) is 23.9 Å². The summed E-state index contributed by atoms with van der Waals surface area (Å²) in [4.78, 5) is 4.01. The lowest BCUT2D eigenvalue weighted by atomic mass is 9.96. The Morgan fingerprint density at radius 1 is 1.47 bits per heavy atom. The van der Waals surface area contributed by atoms with Crippen LogP contribution in [0.15, 0.2) is 18.3 Å². The monoisotopic (exact) mass is 238 g/mol. The Labute approximate surface area is 103 Å². The highest BCUT2D eigenvalue weighted by Crippen LogP contribution is 2.17. The maximum atomic E-state index is 10.2. The van der Waals surface area contributed by atoms with Gasteiger partial charge in [0.25, 0.3) is 0 Å². The van der Waals surface area contributed by atoms with Crippen LogP contribution in [0, 0.1) is 5.92 Å². The summed E-state index contributed by atoms with van der Waals surface area (Å²) >= 11 is 0. The second kappa shape index (κ2) is 6.57. The number of aliphatic hydroxyl groups excluding tert-OH is 1. The van der Waals surface area contributed by atoms with Crippen LogP contribution in [-0.2, 0) is 11.2 Å². The smallest absolute Gasteiger partial charge is 0.126 e. The fourth-order valence-electron chi connectivity index (χ4n) is 1.91. The molecule has 2 unspecified atom stereocenters. The molecule has 3 N–H and O–H groups in total. The van der Waals surface area contributed by atoms with Crippen molar-refractivity contribution >= 4 is 5.82 Å². The van der Waals surface area contributed by atoms with E-state index in [0.29, 0.717) is 18.8 Å². The molecule has 1 aromatic rings. The predicted molar refractivity (Wildman–Crippen MR) is 68.6 cm³/mol. The first kappa shape index (κ1) is 13.9. The van der Waals surface area contributed by atoms with Gasteiger partial charge in [0.1, 0.15) is 5.82 Å². The molecule has 1 aromatic heterocycles. The second-order valence-corrected chi connectivity index (χ2v) is 4.48. The third-order valence-corrected chi connectivity index (χ3v) is 2.75. The highest BCUT2D eigenvalue weighted by Gasteiger charge is 2.23. The molecule has 0 amide bonds. The van der Waals surface area contributed by atoms with Gasteiger partial charge in [-0.25, -0.2) is 4.98 Å². The van der Waals surface area contributed by atoms with Crippen molar-refractivity contribution in [1.29, 1.82) is 0 Å². The summed E-state index contributed by atoms with van der Waals surface area (Å²) in [7, 11) is 0. The minimum Gasteiger partial charge on any atom is -0.390 e. The molecule has 0 fully saturated rings. The number of aromatic nitrogens is 1. The van der Waals surface area contributed by atoms with Gasteiger partial charge in [-0.15, -0.1) is 0 Å². The van der Waals surface area contributed by atoms with Crippen LogP contribution in [0.1, 0.15) is 26.3 Å². The van der Waals surface area contributed by atoms with Gasteiger partial charge in [0.05, 0.1) is 12.2 Å². The van der Waals surface area contributed by atoms with Crippen molar-refractivity contribution in [1.82, 2.24) is 4.98 Å². The minimum absolute atomic E-state index is 0.167. The number of hydrogen-bond acceptors (Lipinski definition) is 4. The van der Waals surface area contributed by atoms with Gasteiger partial charge in [-0.2, -0.15) is 0 Å². The zero-order chi connectivity index (χ0) is 12.8. The highest BCUT2D eigenvalue weighted by atomic mass is 16.5. The number of rotatable bonds is 6. The normalized spacial score (nSPS) is 14.9. The molecule has 1 heterocycles. The van der Waals surface area contributed by atoms with E-state index in [0.717, 1.165) is 5.56 Å². The lowest BCUT2D eigenvalue weighted by molar-refractivity contribution is -0.0561. The number of aliphatic hydroxyl groups is 1. The van der Waals surface area contributed by atoms with Crippen molar-refractivity contribution in [2.45, 2.75) is 39.4 Å². The van der Waals surface area contributed by atoms with Crippen molar-refractivity contribution in [2.75, 3.05) is 12.3 Å². The van der Waals surface area contributed by atoms with E-state index in [1.165, 1.54) is 0 Å². The number of nitrogens with zero attached hydrogens (tertiary/aromatic N) is 1. The molecular formula is C13H22N2O2. The van der Waals surface area contributed by atoms with Gasteiger partial charge in [-0.1, -0.05) is 19.9 Å². The molecule has 0 aliphatic rings. The molecule has 96 valence electrons. The van der Waals surface area contributed by atoms with Crippen LogP contribution >= 0.6 is 0 Å². The fraction of sp³-hybridized carbons (Fsp3) is 0.615. The molecule has 0 saturated heterocycles. The Morgan fingerprint density at radius 3 is 2.71 bits per heavy atom. The van der Waals surface area contributed by atoms with Crippen LogP contribution in [0.5, 0.6) is 0 Å². The van der Waals surface area contributed by atoms with E-state index in [-0.39, 0.29) is 12.0 Å². The Kier molecular flexibility index (Phi) is 5.38. The van der Waals surface area contributed by atoms with Crippen LogP contribution < -0.4 is 5.73 Å². The van der Waals surface area contributed by atoms with E-state index in [1.807, 2.05) is 32.9 Å². The molecule has 0 aliphatic carbocycles. The summed E-state index contributed by atoms with van der Waals surface area (Å²) in [6.45, 7) is 6.61. The summed E-state index contributed by atoms with van der Waals surface area (Å²) in [6, 6.07) is 3.71. The van der Waals surface area contributed by atoms with Crippen LogP contribution in [0.3, 0.4) is 0 Å². The Morgan fingerprint density at radius 2 is 2.18 bits per heavy atom. The van der Waals surface area contributed by atoms with Crippen molar-refractivity contribution in [3.8, 4) is 0 Å². The van der Waals surface area contributed by atoms with E-state index in [2.05, 4.69) is 4.98 Å². The average Bonchev–Trinajstić information content (AvgIpc) is 2.28. The number of anilines is 1. The van der Waals surface area contributed by atoms with E-state index >= 15 is 0 Å². The van der Waals surface area contributed by atoms with Gasteiger partial charge < -0.3 is 15.6 Å². The molecule has 0 spiro atoms. The van der Waals surface area contributed by atoms with Gasteiger partial charge in [-0.05, 0) is 24.5 Å². The molecule has 4 nitrogen and oxygen atoms in total. The first-order valence-corrected chi connectivity index (χ1v) is 6.05. The van der Waals surface area contributed by atoms with Crippen molar-refractivity contribution in [3.63, 3.8) is 0 Å². The van der Waals surface area contributed by atoms with E-state index in [1.54, 1.807) is 6.20 Å². The first-order chi connectivity index (χ1) is 8.06. The number of pyridine rings is 1. The summed E-state index contributed by atoms with van der Waals surface area (Å²) in [5.74, 6) is 0.744. The number of nitrogens with two attached hydrogens (primary N) is 1. The summed E-state index contributed by atoms with van der Waals surface area (Å²) < 4.78 is 5.57. The molecule has 0 bridgehead atoms. The Hall–Kier alpha value is -1.13. The van der Waals surface area contributed by atoms with Gasteiger partial charge in [0.15, 0.2) is 0 Å². The van der Waals surface area contributed by atoms with E-state index in [4.69, 9.17) is 10.5 Å². The fourth-order valence-corrected chi connectivity index (χ4v) is 1.91. The molecule has 17 heavy (non-hydrogen) atoms. The Balaban J connectivity index is 2.69. The van der Waals surface area contributed by atoms with E-state index in [9.17, 15) is 5.11 Å². The third kappa shape index (κ3) is 3.98. The number of ether oxygens (including phenoxy) is 1. The van der Waals surface area contributed by atoms with Gasteiger partial charge in [-0.3, -0.25) is 0 Å². The average molecular weight is 238 g/mol. The molecule has 4 heteroatoms. The summed E-state index contributed by atoms with van der Waals surface area (Å²) in [6.07, 6.45) is 1.40. The summed E-state index contributed by atoms with van der Waals surface area (Å²) in [5, 5.41) is 10.2. The zero-order valence-electron chi connectivity index (χ0n) is 10.8. The van der Waals surface area contributed by atoms with Crippen molar-refractivity contribution < 1.29 is 9.84 Å². The predicted octanol–water partition coefficient (Wildman–Crippen LogP) is 1.63. The topological polar surface area (TPSA) is 68.4 Å². The first-order valence-electron chi connectivity index (χ1n) is 6.05. The van der Waals surface area contributed by atoms with Gasteiger partial charge in [0.2, 0.25) is 0 Å². The summed E-state index contributed by atoms with van der Waals surface area (Å²) in [5.41, 5.74) is 6.62. The highest BCUT2D eigenvalue weighted by molar-refractivity contribution is 5.38. The molecule has 0 aliphatic heterocycles. The van der Waals surface area contributed by atoms with Crippen LogP contribution in [0.2, 0.25) is 0 Å². The zero-order valence-corrected chi connectivity index (χ0v) is 10.8. The lowest BCUT2D eigenvalue weighted by Crippen LogP contribution is -2.35. The van der Waals surface area contributed by atoms with Gasteiger partial charge >= 0.3 is 0 Å². The number of nitrogen functional groups attached to an aromatic ring is 1. The van der Waals surface area contributed by atoms with Crippen molar-refractivity contribution in [2.24, 2.45) is 5.92 Å². The molecular weight excluding hydrogens is 216 g/mol. The molecule has 0 saturated carbocycles. The SMILES string of the molecule is CCOC(C(C)C)C(O)Cc1cccnc1N. The maximum absolute atomic E-state index is 10.2. The Bertz CT molecular complexity index is 342. The molecule has 0 radical (unpaired) electrons. The van der Waals surface area contributed by atoms with Crippen LogP contribution in [0.4, 0.5) is 5.82 Å². The molecule has 1 rings (SSSR count). The molecule has 0 aromatic carbocycles. The molecule has 2 atom stereocenters. The van der Waals surface area contributed by atoms with Crippen LogP contribution in [0.25, 0.3) is 0 Å². The largest absolute Gasteiger partial charge is 0.390 e. The number of hydrogen-bond donors (Lipinski definition) is 2. The minimum atomic E-state index is -0.554. The standard InChI is InChI=1S/C13H22N2O2/c1-4-17-12(9(2)3)11(16)8-10-6-5-7-15-13(10)14/h5-7,9,11-12,16H,4,8H2,1-3H3,(H2,14,15). The third-order valence-electron chi connectivity index (χ3n) is 2.75. The van der Waals surface area contributed by atoms with Gasteiger partial charge in [0, 0.05) is 19.2 Å². The van der Waals surface area contributed by atoms with Crippen LogP contribution in [-0.4, -0.2) is 28.9 Å². The quantitative estimate of drug-likeness (QED) is 0.790. The maximum Gasteiger partial charge on any atom is 0.126 e. The second-order valence-electron chi connectivity index (χ2n) is 4.48. The van der Waals surface area contributed by atoms with E-state index < -0.39 is 6.10 Å². The lowest BCUT2D eigenvalue weighted by Gasteiger charge is -2.26.